The summed E-state index contributed by atoms with van der Waals surface area (Å²) in [4.78, 5) is 56.1. The van der Waals surface area contributed by atoms with Crippen molar-refractivity contribution >= 4 is 43.7 Å². The van der Waals surface area contributed by atoms with Crippen LogP contribution in [0.15, 0.2) is 43.4 Å². The van der Waals surface area contributed by atoms with Gasteiger partial charge in [-0.3, -0.25) is 24.2 Å². The van der Waals surface area contributed by atoms with E-state index in [1.807, 2.05) is 0 Å². The highest BCUT2D eigenvalue weighted by molar-refractivity contribution is 6.21. The van der Waals surface area contributed by atoms with Crippen LogP contribution in [0, 0.1) is 0 Å². The molecule has 0 unspecified atom stereocenters. The molecule has 0 aliphatic carbocycles. The molecule has 1 aromatic heterocycles. The molecule has 0 aliphatic rings. The van der Waals surface area contributed by atoms with Crippen molar-refractivity contribution in [2.75, 3.05) is 37.2 Å². The second-order valence-electron chi connectivity index (χ2n) is 7.58. The number of hydrogen-bond acceptors (Lipinski definition) is 7. The molecule has 0 saturated carbocycles. The monoisotopic (exact) mass is 420 g/mol. The number of nitrogens with zero attached hydrogens (tertiary/aromatic N) is 1. The standard InChI is InChI=1S/C23H24N4O4/c1-3-27(4-2)11-7-10-25-19-16-14(18(24)15-17(19)23(31)26-22(15)30)20(28)12-8-5-6-9-13(12)21(16)29/h5-6,8-9,25H,3-4,7,10-11,24H2,1-2H3,(H,26,30,31). The molecule has 0 amide bonds. The molecule has 0 spiro atoms. The number of aromatic amines is 1. The predicted octanol–water partition coefficient (Wildman–Crippen LogP) is 1.52. The van der Waals surface area contributed by atoms with Crippen LogP contribution in [0.3, 0.4) is 0 Å². The van der Waals surface area contributed by atoms with Gasteiger partial charge < -0.3 is 16.0 Å². The summed E-state index contributed by atoms with van der Waals surface area (Å²) in [5.74, 6) is 0. The van der Waals surface area contributed by atoms with Gasteiger partial charge in [0.2, 0.25) is 0 Å². The Bertz CT molecular complexity index is 1510. The molecular weight excluding hydrogens is 396 g/mol. The number of nitrogens with one attached hydrogen (secondary N) is 2. The maximum Gasteiger partial charge on any atom is 0.261 e. The lowest BCUT2D eigenvalue weighted by Gasteiger charge is -2.18. The highest BCUT2D eigenvalue weighted by Gasteiger charge is 2.24. The van der Waals surface area contributed by atoms with Crippen LogP contribution in [-0.4, -0.2) is 36.1 Å². The van der Waals surface area contributed by atoms with E-state index in [-0.39, 0.29) is 43.7 Å². The van der Waals surface area contributed by atoms with Gasteiger partial charge >= 0.3 is 0 Å². The van der Waals surface area contributed by atoms with Crippen molar-refractivity contribution in [1.82, 2.24) is 9.88 Å². The molecule has 8 nitrogen and oxygen atoms in total. The Balaban J connectivity index is 2.01. The second-order valence-corrected chi connectivity index (χ2v) is 7.58. The molecule has 0 radical (unpaired) electrons. The van der Waals surface area contributed by atoms with Crippen LogP contribution in [0.25, 0.3) is 32.3 Å². The fourth-order valence-electron chi connectivity index (χ4n) is 4.30. The highest BCUT2D eigenvalue weighted by atomic mass is 16.2. The van der Waals surface area contributed by atoms with E-state index < -0.39 is 22.0 Å². The average molecular weight is 420 g/mol. The first-order valence-electron chi connectivity index (χ1n) is 10.4. The van der Waals surface area contributed by atoms with Gasteiger partial charge in [-0.1, -0.05) is 38.1 Å². The quantitative estimate of drug-likeness (QED) is 0.179. The Kier molecular flexibility index (Phi) is 5.32. The van der Waals surface area contributed by atoms with Gasteiger partial charge in [0.25, 0.3) is 11.1 Å². The largest absolute Gasteiger partial charge is 0.397 e. The zero-order chi connectivity index (χ0) is 22.3. The van der Waals surface area contributed by atoms with Gasteiger partial charge in [0.1, 0.15) is 0 Å². The van der Waals surface area contributed by atoms with E-state index >= 15 is 0 Å². The molecule has 3 aromatic carbocycles. The van der Waals surface area contributed by atoms with Crippen molar-refractivity contribution < 1.29 is 0 Å². The first-order chi connectivity index (χ1) is 14.9. The minimum absolute atomic E-state index is 0.0152. The van der Waals surface area contributed by atoms with Crippen molar-refractivity contribution in [2.24, 2.45) is 0 Å². The smallest absolute Gasteiger partial charge is 0.261 e. The molecule has 1 heterocycles. The number of H-pyrrole nitrogens is 1. The lowest BCUT2D eigenvalue weighted by Crippen LogP contribution is -2.25. The summed E-state index contributed by atoms with van der Waals surface area (Å²) in [5.41, 5.74) is 4.17. The van der Waals surface area contributed by atoms with E-state index in [4.69, 9.17) is 5.73 Å². The molecule has 160 valence electrons. The number of nitrogen functional groups attached to an aromatic ring is 1. The third kappa shape index (κ3) is 3.19. The van der Waals surface area contributed by atoms with Crippen LogP contribution in [-0.2, 0) is 0 Å². The fraction of sp³-hybridized carbons (Fsp3) is 0.304. The van der Waals surface area contributed by atoms with E-state index in [0.29, 0.717) is 6.54 Å². The molecule has 31 heavy (non-hydrogen) atoms. The van der Waals surface area contributed by atoms with E-state index in [1.54, 1.807) is 24.3 Å². The Morgan fingerprint density at radius 1 is 0.871 bits per heavy atom. The van der Waals surface area contributed by atoms with E-state index in [9.17, 15) is 19.2 Å². The van der Waals surface area contributed by atoms with Gasteiger partial charge in [0, 0.05) is 17.3 Å². The van der Waals surface area contributed by atoms with Gasteiger partial charge in [-0.25, -0.2) is 0 Å². The van der Waals surface area contributed by atoms with E-state index in [2.05, 4.69) is 29.0 Å². The zero-order valence-electron chi connectivity index (χ0n) is 17.5. The summed E-state index contributed by atoms with van der Waals surface area (Å²) in [6.07, 6.45) is 0.754. The number of nitrogens with two attached hydrogens (primary N) is 1. The van der Waals surface area contributed by atoms with E-state index in [0.717, 1.165) is 26.1 Å². The Morgan fingerprint density at radius 3 is 2.06 bits per heavy atom. The second kappa shape index (κ2) is 7.96. The lowest BCUT2D eigenvalue weighted by atomic mass is 9.96. The van der Waals surface area contributed by atoms with E-state index in [1.165, 1.54) is 0 Å². The third-order valence-corrected chi connectivity index (χ3v) is 5.94. The van der Waals surface area contributed by atoms with Crippen LogP contribution in [0.1, 0.15) is 20.3 Å². The molecular formula is C23H24N4O4. The number of benzene rings is 3. The van der Waals surface area contributed by atoms with Crippen LogP contribution in [0.4, 0.5) is 11.4 Å². The van der Waals surface area contributed by atoms with Crippen LogP contribution in [0.5, 0.6) is 0 Å². The Labute approximate surface area is 177 Å². The van der Waals surface area contributed by atoms with Crippen molar-refractivity contribution in [2.45, 2.75) is 20.3 Å². The number of hydrogen-bond donors (Lipinski definition) is 3. The summed E-state index contributed by atoms with van der Waals surface area (Å²) in [6, 6.07) is 6.49. The molecule has 0 fully saturated rings. The van der Waals surface area contributed by atoms with Gasteiger partial charge in [0.05, 0.1) is 32.9 Å². The van der Waals surface area contributed by atoms with Crippen LogP contribution < -0.4 is 33.0 Å². The molecule has 0 bridgehead atoms. The Hall–Kier alpha value is -3.52. The minimum Gasteiger partial charge on any atom is -0.397 e. The maximum atomic E-state index is 13.4. The maximum absolute atomic E-state index is 13.4. The molecule has 0 atom stereocenters. The third-order valence-electron chi connectivity index (χ3n) is 5.94. The Morgan fingerprint density at radius 2 is 1.45 bits per heavy atom. The lowest BCUT2D eigenvalue weighted by molar-refractivity contribution is 0.303. The summed E-state index contributed by atoms with van der Waals surface area (Å²) >= 11 is 0. The normalized spacial score (nSPS) is 11.8. The first kappa shape index (κ1) is 20.7. The van der Waals surface area contributed by atoms with Crippen molar-refractivity contribution in [3.05, 3.63) is 65.4 Å². The van der Waals surface area contributed by atoms with Crippen molar-refractivity contribution in [3.8, 4) is 0 Å². The van der Waals surface area contributed by atoms with Gasteiger partial charge in [-0.05, 0) is 26.1 Å². The summed E-state index contributed by atoms with van der Waals surface area (Å²) in [5, 5.41) is 3.70. The highest BCUT2D eigenvalue weighted by Crippen LogP contribution is 2.33. The van der Waals surface area contributed by atoms with Crippen molar-refractivity contribution in [1.29, 1.82) is 0 Å². The molecule has 0 saturated heterocycles. The number of fused-ring (bicyclic) bond motifs is 3. The SMILES string of the molecule is CCN(CC)CCCNc1c2c(=O)[nH]c(=O)c2c(N)c2c(=O)c3ccccc3c(=O)c12. The van der Waals surface area contributed by atoms with Crippen LogP contribution in [0.2, 0.25) is 0 Å². The first-order valence-corrected chi connectivity index (χ1v) is 10.4. The number of aromatic nitrogens is 1. The van der Waals surface area contributed by atoms with Crippen LogP contribution >= 0.6 is 0 Å². The number of rotatable bonds is 7. The van der Waals surface area contributed by atoms with Gasteiger partial charge in [-0.2, -0.15) is 0 Å². The fourth-order valence-corrected chi connectivity index (χ4v) is 4.30. The zero-order valence-corrected chi connectivity index (χ0v) is 17.5. The minimum atomic E-state index is -0.661. The predicted molar refractivity (Wildman–Crippen MR) is 126 cm³/mol. The summed E-state index contributed by atoms with van der Waals surface area (Å²) in [6.45, 7) is 7.30. The average Bonchev–Trinajstić information content (AvgIpc) is 3.07. The number of anilines is 2. The van der Waals surface area contributed by atoms with Gasteiger partial charge in [0.15, 0.2) is 10.9 Å². The summed E-state index contributed by atoms with van der Waals surface area (Å²) in [7, 11) is 0. The van der Waals surface area contributed by atoms with Gasteiger partial charge in [-0.15, -0.1) is 0 Å². The molecule has 4 N–H and O–H groups in total. The molecule has 4 rings (SSSR count). The topological polar surface area (TPSA) is 125 Å². The molecule has 8 heteroatoms. The molecule has 0 aliphatic heterocycles. The summed E-state index contributed by atoms with van der Waals surface area (Å²) < 4.78 is 0. The van der Waals surface area contributed by atoms with Crippen molar-refractivity contribution in [3.63, 3.8) is 0 Å². The molecule has 4 aromatic rings.